The van der Waals surface area contributed by atoms with Gasteiger partial charge in [-0.15, -0.1) is 0 Å². The van der Waals surface area contributed by atoms with Crippen molar-refractivity contribution in [2.24, 2.45) is 0 Å². The van der Waals surface area contributed by atoms with Gasteiger partial charge in [0.1, 0.15) is 0 Å². The number of nitrogen functional groups attached to an aromatic ring is 1. The number of nitrogens with zero attached hydrogens (tertiary/aromatic N) is 2. The van der Waals surface area contributed by atoms with E-state index in [1.54, 1.807) is 0 Å². The molecule has 3 aromatic rings. The van der Waals surface area contributed by atoms with E-state index < -0.39 is 0 Å². The molecule has 0 aliphatic carbocycles. The lowest BCUT2D eigenvalue weighted by atomic mass is 10.0. The van der Waals surface area contributed by atoms with E-state index in [2.05, 4.69) is 60.7 Å². The van der Waals surface area contributed by atoms with Crippen molar-refractivity contribution in [2.45, 2.75) is 26.7 Å². The molecule has 0 radical (unpaired) electrons. The Hall–Kier alpha value is -2.29. The minimum absolute atomic E-state index is 0.438. The lowest BCUT2D eigenvalue weighted by Crippen LogP contribution is -2.04. The van der Waals surface area contributed by atoms with Gasteiger partial charge in [0.2, 0.25) is 5.95 Å². The Balaban J connectivity index is 2.36. The highest BCUT2D eigenvalue weighted by Gasteiger charge is 2.15. The molecule has 0 bridgehead atoms. The molecule has 0 aliphatic rings. The molecule has 1 heterocycles. The number of aryl methyl sites for hydroxylation is 1. The van der Waals surface area contributed by atoms with E-state index in [-0.39, 0.29) is 0 Å². The van der Waals surface area contributed by atoms with Gasteiger partial charge in [0.25, 0.3) is 0 Å². The molecule has 1 aromatic heterocycles. The summed E-state index contributed by atoms with van der Waals surface area (Å²) in [6, 6.07) is 14.6. The summed E-state index contributed by atoms with van der Waals surface area (Å²) in [5.41, 5.74) is 11.8. The molecule has 0 atom stereocenters. The second-order valence-electron chi connectivity index (χ2n) is 5.46. The summed E-state index contributed by atoms with van der Waals surface area (Å²) in [7, 11) is 0. The molecule has 0 spiro atoms. The van der Waals surface area contributed by atoms with Gasteiger partial charge in [-0.05, 0) is 36.1 Å². The van der Waals surface area contributed by atoms with Crippen LogP contribution in [0.15, 0.2) is 42.5 Å². The van der Waals surface area contributed by atoms with Crippen LogP contribution in [0.1, 0.15) is 30.9 Å². The fraction of sp³-hybridized carbons (Fsp3) is 0.235. The summed E-state index contributed by atoms with van der Waals surface area (Å²) in [5, 5.41) is 0. The van der Waals surface area contributed by atoms with Gasteiger partial charge in [-0.25, -0.2) is 4.98 Å². The van der Waals surface area contributed by atoms with Crippen molar-refractivity contribution < 1.29 is 0 Å². The monoisotopic (exact) mass is 265 g/mol. The third kappa shape index (κ3) is 1.86. The summed E-state index contributed by atoms with van der Waals surface area (Å²) in [6.45, 7) is 6.45. The van der Waals surface area contributed by atoms with Crippen molar-refractivity contribution >= 4 is 17.0 Å². The van der Waals surface area contributed by atoms with E-state index in [0.29, 0.717) is 11.9 Å². The molecule has 0 aliphatic heterocycles. The van der Waals surface area contributed by atoms with Crippen LogP contribution in [-0.4, -0.2) is 9.55 Å². The lowest BCUT2D eigenvalue weighted by molar-refractivity contribution is 0.851. The summed E-state index contributed by atoms with van der Waals surface area (Å²) < 4.78 is 2.05. The molecular formula is C17H19N3. The van der Waals surface area contributed by atoms with E-state index in [4.69, 9.17) is 5.73 Å². The van der Waals surface area contributed by atoms with Gasteiger partial charge in [-0.3, -0.25) is 4.57 Å². The quantitative estimate of drug-likeness (QED) is 0.760. The maximum Gasteiger partial charge on any atom is 0.205 e. The molecule has 2 N–H and O–H groups in total. The molecule has 20 heavy (non-hydrogen) atoms. The normalized spacial score (nSPS) is 11.4. The van der Waals surface area contributed by atoms with Gasteiger partial charge >= 0.3 is 0 Å². The molecule has 3 nitrogen and oxygen atoms in total. The molecule has 0 unspecified atom stereocenters. The Bertz CT molecular complexity index is 769. The first kappa shape index (κ1) is 12.7. The highest BCUT2D eigenvalue weighted by atomic mass is 15.2. The van der Waals surface area contributed by atoms with E-state index in [1.165, 1.54) is 5.56 Å². The number of hydrogen-bond acceptors (Lipinski definition) is 2. The Morgan fingerprint density at radius 3 is 2.55 bits per heavy atom. The standard InChI is InChI=1S/C17H19N3/c1-11(2)13-8-4-5-9-14(13)20-15-10-6-7-12(3)16(15)19-17(20)18/h4-11H,1-3H3,(H2,18,19). The van der Waals surface area contributed by atoms with Crippen molar-refractivity contribution in [1.29, 1.82) is 0 Å². The maximum absolute atomic E-state index is 6.18. The molecule has 0 amide bonds. The Morgan fingerprint density at radius 1 is 1.05 bits per heavy atom. The Morgan fingerprint density at radius 2 is 1.80 bits per heavy atom. The lowest BCUT2D eigenvalue weighted by Gasteiger charge is -2.15. The zero-order valence-electron chi connectivity index (χ0n) is 12.1. The summed E-state index contributed by atoms with van der Waals surface area (Å²) in [5.74, 6) is 0.982. The Labute approximate surface area is 119 Å². The van der Waals surface area contributed by atoms with Crippen molar-refractivity contribution in [3.8, 4) is 5.69 Å². The smallest absolute Gasteiger partial charge is 0.205 e. The minimum Gasteiger partial charge on any atom is -0.369 e. The second-order valence-corrected chi connectivity index (χ2v) is 5.46. The van der Waals surface area contributed by atoms with E-state index in [0.717, 1.165) is 22.3 Å². The van der Waals surface area contributed by atoms with Gasteiger partial charge in [0.05, 0.1) is 16.7 Å². The van der Waals surface area contributed by atoms with Gasteiger partial charge in [0, 0.05) is 0 Å². The van der Waals surface area contributed by atoms with Crippen molar-refractivity contribution in [3.63, 3.8) is 0 Å². The summed E-state index contributed by atoms with van der Waals surface area (Å²) in [6.07, 6.45) is 0. The topological polar surface area (TPSA) is 43.8 Å². The molecule has 0 saturated carbocycles. The summed E-state index contributed by atoms with van der Waals surface area (Å²) >= 11 is 0. The summed E-state index contributed by atoms with van der Waals surface area (Å²) in [4.78, 5) is 4.53. The zero-order chi connectivity index (χ0) is 14.3. The van der Waals surface area contributed by atoms with Crippen molar-refractivity contribution in [1.82, 2.24) is 9.55 Å². The number of aromatic nitrogens is 2. The molecule has 0 fully saturated rings. The van der Waals surface area contributed by atoms with E-state index in [1.807, 2.05) is 12.1 Å². The third-order valence-corrected chi connectivity index (χ3v) is 3.71. The number of rotatable bonds is 2. The maximum atomic E-state index is 6.18. The third-order valence-electron chi connectivity index (χ3n) is 3.71. The predicted molar refractivity (Wildman–Crippen MR) is 84.3 cm³/mol. The van der Waals surface area contributed by atoms with E-state index >= 15 is 0 Å². The van der Waals surface area contributed by atoms with Gasteiger partial charge in [0.15, 0.2) is 0 Å². The SMILES string of the molecule is Cc1cccc2c1nc(N)n2-c1ccccc1C(C)C. The zero-order valence-corrected chi connectivity index (χ0v) is 12.1. The average Bonchev–Trinajstić information content (AvgIpc) is 2.76. The van der Waals surface area contributed by atoms with Crippen LogP contribution in [0.25, 0.3) is 16.7 Å². The van der Waals surface area contributed by atoms with Crippen LogP contribution >= 0.6 is 0 Å². The largest absolute Gasteiger partial charge is 0.369 e. The number of imidazole rings is 1. The number of nitrogens with two attached hydrogens (primary N) is 1. The van der Waals surface area contributed by atoms with Crippen LogP contribution in [0.3, 0.4) is 0 Å². The average molecular weight is 265 g/mol. The molecule has 3 heteroatoms. The first-order valence-corrected chi connectivity index (χ1v) is 6.92. The first-order chi connectivity index (χ1) is 9.59. The predicted octanol–water partition coefficient (Wildman–Crippen LogP) is 4.04. The molecule has 102 valence electrons. The van der Waals surface area contributed by atoms with Crippen LogP contribution < -0.4 is 5.73 Å². The number of para-hydroxylation sites is 2. The fourth-order valence-corrected chi connectivity index (χ4v) is 2.69. The first-order valence-electron chi connectivity index (χ1n) is 6.92. The molecular weight excluding hydrogens is 246 g/mol. The fourth-order valence-electron chi connectivity index (χ4n) is 2.69. The van der Waals surface area contributed by atoms with Crippen LogP contribution in [0, 0.1) is 6.92 Å². The molecule has 0 saturated heterocycles. The van der Waals surface area contributed by atoms with Gasteiger partial charge in [-0.1, -0.05) is 44.2 Å². The number of fused-ring (bicyclic) bond motifs is 1. The van der Waals surface area contributed by atoms with Gasteiger partial charge < -0.3 is 5.73 Å². The van der Waals surface area contributed by atoms with Crippen LogP contribution in [-0.2, 0) is 0 Å². The number of hydrogen-bond donors (Lipinski definition) is 1. The highest BCUT2D eigenvalue weighted by Crippen LogP contribution is 2.29. The van der Waals surface area contributed by atoms with Crippen LogP contribution in [0.2, 0.25) is 0 Å². The molecule has 2 aromatic carbocycles. The van der Waals surface area contributed by atoms with Crippen molar-refractivity contribution in [3.05, 3.63) is 53.6 Å². The molecule has 3 rings (SSSR count). The second kappa shape index (κ2) is 4.67. The minimum atomic E-state index is 0.438. The van der Waals surface area contributed by atoms with Crippen LogP contribution in [0.5, 0.6) is 0 Å². The van der Waals surface area contributed by atoms with Gasteiger partial charge in [-0.2, -0.15) is 0 Å². The Kier molecular flexibility index (Phi) is 2.97. The van der Waals surface area contributed by atoms with Crippen LogP contribution in [0.4, 0.5) is 5.95 Å². The van der Waals surface area contributed by atoms with Crippen molar-refractivity contribution in [2.75, 3.05) is 5.73 Å². The highest BCUT2D eigenvalue weighted by molar-refractivity contribution is 5.84. The number of benzene rings is 2. The van der Waals surface area contributed by atoms with E-state index in [9.17, 15) is 0 Å². The number of anilines is 1.